The molecule has 0 spiro atoms. The van der Waals surface area contributed by atoms with Crippen molar-refractivity contribution in [3.8, 4) is 5.75 Å². The van der Waals surface area contributed by atoms with Crippen molar-refractivity contribution in [3.63, 3.8) is 0 Å². The molecule has 1 aromatic carbocycles. The monoisotopic (exact) mass is 545 g/mol. The SMILES string of the molecule is CC(C)(Oc1cc(Cl)c(Cl)cc1Cl)C(=O)NC1C[C@H]2CC[C@@H](C1)N2c1ccc(S(C)(=O)=O)cn1. The molecule has 2 bridgehead atoms. The minimum atomic E-state index is -3.29. The third-order valence-corrected chi connectivity index (χ3v) is 8.48. The average Bonchev–Trinajstić information content (AvgIpc) is 3.01. The summed E-state index contributed by atoms with van der Waals surface area (Å²) in [5.74, 6) is 0.806. The number of hydrogen-bond acceptors (Lipinski definition) is 6. The number of benzene rings is 1. The van der Waals surface area contributed by atoms with E-state index in [1.54, 1.807) is 26.0 Å². The molecule has 1 amide bonds. The summed E-state index contributed by atoms with van der Waals surface area (Å²) in [6, 6.07) is 6.77. The predicted octanol–water partition coefficient (Wildman–Crippen LogP) is 4.92. The number of fused-ring (bicyclic) bond motifs is 2. The first kappa shape index (κ1) is 25.4. The van der Waals surface area contributed by atoms with Gasteiger partial charge in [0.2, 0.25) is 0 Å². The second kappa shape index (κ2) is 9.37. The van der Waals surface area contributed by atoms with Crippen LogP contribution in [0.5, 0.6) is 5.75 Å². The van der Waals surface area contributed by atoms with Crippen LogP contribution in [0.25, 0.3) is 0 Å². The van der Waals surface area contributed by atoms with Gasteiger partial charge in [-0.05, 0) is 57.7 Å². The number of amides is 1. The maximum atomic E-state index is 13.1. The molecular weight excluding hydrogens is 521 g/mol. The number of rotatable bonds is 6. The van der Waals surface area contributed by atoms with Gasteiger partial charge in [-0.1, -0.05) is 34.8 Å². The van der Waals surface area contributed by atoms with E-state index in [9.17, 15) is 13.2 Å². The van der Waals surface area contributed by atoms with Crippen LogP contribution in [-0.2, 0) is 14.6 Å². The molecule has 3 atom stereocenters. The van der Waals surface area contributed by atoms with Gasteiger partial charge >= 0.3 is 0 Å². The Kier molecular flexibility index (Phi) is 6.99. The summed E-state index contributed by atoms with van der Waals surface area (Å²) in [5.41, 5.74) is -1.18. The molecule has 4 rings (SSSR count). The third-order valence-electron chi connectivity index (χ3n) is 6.37. The lowest BCUT2D eigenvalue weighted by Gasteiger charge is -2.40. The quantitative estimate of drug-likeness (QED) is 0.518. The van der Waals surface area contributed by atoms with Crippen LogP contribution < -0.4 is 15.0 Å². The molecule has 34 heavy (non-hydrogen) atoms. The van der Waals surface area contributed by atoms with E-state index >= 15 is 0 Å². The Morgan fingerprint density at radius 2 is 1.71 bits per heavy atom. The van der Waals surface area contributed by atoms with Crippen molar-refractivity contribution in [2.45, 2.75) is 68.2 Å². The topological polar surface area (TPSA) is 88.6 Å². The summed E-state index contributed by atoms with van der Waals surface area (Å²) >= 11 is 18.3. The molecule has 1 N–H and O–H groups in total. The summed E-state index contributed by atoms with van der Waals surface area (Å²) in [6.07, 6.45) is 6.09. The first-order chi connectivity index (χ1) is 15.8. The van der Waals surface area contributed by atoms with Crippen LogP contribution in [-0.4, -0.2) is 49.3 Å². The molecule has 0 saturated carbocycles. The molecule has 184 valence electrons. The molecule has 2 aromatic rings. The molecule has 0 radical (unpaired) electrons. The third kappa shape index (κ3) is 5.25. The van der Waals surface area contributed by atoms with Crippen LogP contribution in [0.4, 0.5) is 5.82 Å². The highest BCUT2D eigenvalue weighted by Crippen LogP contribution is 2.39. The smallest absolute Gasteiger partial charge is 0.263 e. The van der Waals surface area contributed by atoms with E-state index in [2.05, 4.69) is 15.2 Å². The van der Waals surface area contributed by atoms with Crippen LogP contribution in [0.15, 0.2) is 35.4 Å². The van der Waals surface area contributed by atoms with Crippen molar-refractivity contribution >= 4 is 56.4 Å². The minimum Gasteiger partial charge on any atom is -0.476 e. The Balaban J connectivity index is 1.42. The zero-order valence-electron chi connectivity index (χ0n) is 19.0. The van der Waals surface area contributed by atoms with E-state index < -0.39 is 15.4 Å². The summed E-state index contributed by atoms with van der Waals surface area (Å²) in [4.78, 5) is 20.0. The number of aromatic nitrogens is 1. The Morgan fingerprint density at radius 1 is 1.09 bits per heavy atom. The number of anilines is 1. The molecule has 2 saturated heterocycles. The lowest BCUT2D eigenvalue weighted by Crippen LogP contribution is -2.55. The van der Waals surface area contributed by atoms with Gasteiger partial charge < -0.3 is 15.0 Å². The van der Waals surface area contributed by atoms with E-state index in [0.29, 0.717) is 10.0 Å². The fraction of sp³-hybridized carbons (Fsp3) is 0.478. The Labute approximate surface area is 214 Å². The highest BCUT2D eigenvalue weighted by Gasteiger charge is 2.43. The summed E-state index contributed by atoms with van der Waals surface area (Å²) in [6.45, 7) is 3.36. The molecule has 3 heterocycles. The molecule has 7 nitrogen and oxygen atoms in total. The zero-order valence-corrected chi connectivity index (χ0v) is 22.1. The van der Waals surface area contributed by atoms with Crippen LogP contribution in [0.2, 0.25) is 15.1 Å². The van der Waals surface area contributed by atoms with Crippen molar-refractivity contribution < 1.29 is 17.9 Å². The Morgan fingerprint density at radius 3 is 2.26 bits per heavy atom. The number of ether oxygens (including phenoxy) is 1. The first-order valence-corrected chi connectivity index (χ1v) is 14.0. The minimum absolute atomic E-state index is 0.0105. The van der Waals surface area contributed by atoms with Gasteiger partial charge in [0.1, 0.15) is 11.6 Å². The summed E-state index contributed by atoms with van der Waals surface area (Å²) in [7, 11) is -3.29. The first-order valence-electron chi connectivity index (χ1n) is 10.9. The second-order valence-electron chi connectivity index (χ2n) is 9.37. The van der Waals surface area contributed by atoms with Gasteiger partial charge in [0.05, 0.1) is 20.0 Å². The highest BCUT2D eigenvalue weighted by atomic mass is 35.5. The van der Waals surface area contributed by atoms with Crippen LogP contribution in [0.1, 0.15) is 39.5 Å². The number of nitrogens with zero attached hydrogens (tertiary/aromatic N) is 2. The van der Waals surface area contributed by atoms with Crippen molar-refractivity contribution in [2.24, 2.45) is 0 Å². The molecule has 2 fully saturated rings. The molecule has 0 aliphatic carbocycles. The van der Waals surface area contributed by atoms with Gasteiger partial charge in [0.15, 0.2) is 15.4 Å². The van der Waals surface area contributed by atoms with E-state index in [1.807, 2.05) is 0 Å². The maximum absolute atomic E-state index is 13.1. The van der Waals surface area contributed by atoms with Gasteiger partial charge in [-0.25, -0.2) is 13.4 Å². The number of carbonyl (C=O) groups is 1. The Bertz CT molecular complexity index is 1190. The van der Waals surface area contributed by atoms with Crippen molar-refractivity contribution in [3.05, 3.63) is 45.5 Å². The summed E-state index contributed by atoms with van der Waals surface area (Å²) < 4.78 is 29.4. The number of carbonyl (C=O) groups excluding carboxylic acids is 1. The van der Waals surface area contributed by atoms with Crippen molar-refractivity contribution in [1.82, 2.24) is 10.3 Å². The van der Waals surface area contributed by atoms with Crippen molar-refractivity contribution in [1.29, 1.82) is 0 Å². The largest absolute Gasteiger partial charge is 0.476 e. The van der Waals surface area contributed by atoms with Crippen LogP contribution in [0, 0.1) is 0 Å². The number of hydrogen-bond donors (Lipinski definition) is 1. The number of nitrogens with one attached hydrogen (secondary N) is 1. The normalized spacial score (nSPS) is 22.5. The average molecular weight is 547 g/mol. The van der Waals surface area contributed by atoms with E-state index in [1.165, 1.54) is 24.6 Å². The molecule has 2 aliphatic rings. The fourth-order valence-electron chi connectivity index (χ4n) is 4.68. The van der Waals surface area contributed by atoms with Gasteiger partial charge in [-0.2, -0.15) is 0 Å². The van der Waals surface area contributed by atoms with Gasteiger partial charge in [0, 0.05) is 36.6 Å². The standard InChI is InChI=1S/C23H26Cl3N3O4S/c1-23(2,33-20-11-18(25)17(24)10-19(20)26)22(30)28-13-8-14-4-5-15(9-13)29(14)21-7-6-16(12-27-21)34(3,31)32/h6-7,10-15H,4-5,8-9H2,1-3H3,(H,28,30)/t13?,14-,15+. The Hall–Kier alpha value is -1.74. The fourth-order valence-corrected chi connectivity index (χ4v) is 5.81. The van der Waals surface area contributed by atoms with E-state index in [4.69, 9.17) is 39.5 Å². The number of sulfone groups is 1. The van der Waals surface area contributed by atoms with Crippen LogP contribution in [0.3, 0.4) is 0 Å². The molecular formula is C23H26Cl3N3O4S. The maximum Gasteiger partial charge on any atom is 0.263 e. The molecule has 2 aliphatic heterocycles. The predicted molar refractivity (Wildman–Crippen MR) is 134 cm³/mol. The van der Waals surface area contributed by atoms with Crippen LogP contribution >= 0.6 is 34.8 Å². The van der Waals surface area contributed by atoms with Gasteiger partial charge in [-0.3, -0.25) is 4.79 Å². The molecule has 1 aromatic heterocycles. The van der Waals surface area contributed by atoms with Crippen molar-refractivity contribution in [2.75, 3.05) is 11.2 Å². The van der Waals surface area contributed by atoms with E-state index in [-0.39, 0.29) is 39.7 Å². The van der Waals surface area contributed by atoms with Gasteiger partial charge in [0.25, 0.3) is 5.91 Å². The molecule has 11 heteroatoms. The lowest BCUT2D eigenvalue weighted by atomic mass is 9.96. The number of piperidine rings is 1. The number of pyridine rings is 1. The number of halogens is 3. The summed E-state index contributed by atoms with van der Waals surface area (Å²) in [5, 5.41) is 4.01. The zero-order chi connectivity index (χ0) is 24.8. The highest BCUT2D eigenvalue weighted by molar-refractivity contribution is 7.90. The molecule has 1 unspecified atom stereocenters. The second-order valence-corrected chi connectivity index (χ2v) is 12.6. The van der Waals surface area contributed by atoms with E-state index in [0.717, 1.165) is 31.5 Å². The van der Waals surface area contributed by atoms with Gasteiger partial charge in [-0.15, -0.1) is 0 Å². The lowest BCUT2D eigenvalue weighted by molar-refractivity contribution is -0.135.